The molecule has 1 amide bonds. The number of amides is 1. The second kappa shape index (κ2) is 3.44. The third kappa shape index (κ3) is 1.97. The highest BCUT2D eigenvalue weighted by Gasteiger charge is 2.35. The predicted molar refractivity (Wildman–Crippen MR) is 48.9 cm³/mol. The maximum atomic E-state index is 11.5. The average Bonchev–Trinajstić information content (AvgIpc) is 1.94. The molecule has 1 aliphatic rings. The highest BCUT2D eigenvalue weighted by Crippen LogP contribution is 2.17. The molecule has 0 radical (unpaired) electrons. The SMILES string of the molecule is CC(C)C[C@@]1(C)NCCNC1=O. The van der Waals surface area contributed by atoms with E-state index in [1.165, 1.54) is 0 Å². The maximum Gasteiger partial charge on any atom is 0.240 e. The van der Waals surface area contributed by atoms with E-state index in [-0.39, 0.29) is 11.4 Å². The zero-order valence-electron chi connectivity index (χ0n) is 8.11. The van der Waals surface area contributed by atoms with Gasteiger partial charge >= 0.3 is 0 Å². The van der Waals surface area contributed by atoms with Gasteiger partial charge in [-0.15, -0.1) is 0 Å². The molecule has 1 rings (SSSR count). The van der Waals surface area contributed by atoms with Crippen LogP contribution < -0.4 is 10.6 Å². The van der Waals surface area contributed by atoms with E-state index in [0.717, 1.165) is 19.5 Å². The van der Waals surface area contributed by atoms with Gasteiger partial charge in [0.05, 0.1) is 5.54 Å². The fraction of sp³-hybridized carbons (Fsp3) is 0.889. The first kappa shape index (κ1) is 9.52. The summed E-state index contributed by atoms with van der Waals surface area (Å²) >= 11 is 0. The van der Waals surface area contributed by atoms with Crippen molar-refractivity contribution in [3.8, 4) is 0 Å². The van der Waals surface area contributed by atoms with Crippen LogP contribution in [0.3, 0.4) is 0 Å². The van der Waals surface area contributed by atoms with E-state index in [1.807, 2.05) is 6.92 Å². The van der Waals surface area contributed by atoms with Crippen LogP contribution in [0.1, 0.15) is 27.2 Å². The van der Waals surface area contributed by atoms with Crippen molar-refractivity contribution in [1.29, 1.82) is 0 Å². The first-order valence-corrected chi connectivity index (χ1v) is 4.58. The van der Waals surface area contributed by atoms with Crippen molar-refractivity contribution in [3.63, 3.8) is 0 Å². The van der Waals surface area contributed by atoms with Crippen molar-refractivity contribution in [3.05, 3.63) is 0 Å². The summed E-state index contributed by atoms with van der Waals surface area (Å²) < 4.78 is 0. The van der Waals surface area contributed by atoms with Crippen molar-refractivity contribution in [2.24, 2.45) is 5.92 Å². The van der Waals surface area contributed by atoms with Gasteiger partial charge in [0.25, 0.3) is 0 Å². The molecule has 1 fully saturated rings. The lowest BCUT2D eigenvalue weighted by Gasteiger charge is -2.35. The largest absolute Gasteiger partial charge is 0.353 e. The molecule has 0 unspecified atom stereocenters. The summed E-state index contributed by atoms with van der Waals surface area (Å²) in [4.78, 5) is 11.5. The van der Waals surface area contributed by atoms with Crippen LogP contribution in [0.4, 0.5) is 0 Å². The molecule has 70 valence electrons. The summed E-state index contributed by atoms with van der Waals surface area (Å²) in [6, 6.07) is 0. The van der Waals surface area contributed by atoms with Crippen LogP contribution in [0.25, 0.3) is 0 Å². The van der Waals surface area contributed by atoms with Gasteiger partial charge in [-0.2, -0.15) is 0 Å². The van der Waals surface area contributed by atoms with Gasteiger partial charge in [0.15, 0.2) is 0 Å². The third-order valence-electron chi connectivity index (χ3n) is 2.24. The topological polar surface area (TPSA) is 41.1 Å². The van der Waals surface area contributed by atoms with Gasteiger partial charge in [-0.25, -0.2) is 0 Å². The minimum atomic E-state index is -0.341. The second-order valence-electron chi connectivity index (χ2n) is 4.11. The molecule has 0 aromatic heterocycles. The Morgan fingerprint density at radius 1 is 1.50 bits per heavy atom. The lowest BCUT2D eigenvalue weighted by atomic mass is 9.88. The molecule has 0 aliphatic carbocycles. The van der Waals surface area contributed by atoms with Crippen LogP contribution in [0.5, 0.6) is 0 Å². The Kier molecular flexibility index (Phi) is 2.73. The number of piperazine rings is 1. The fourth-order valence-corrected chi connectivity index (χ4v) is 1.77. The molecule has 0 aromatic carbocycles. The van der Waals surface area contributed by atoms with E-state index in [1.54, 1.807) is 0 Å². The van der Waals surface area contributed by atoms with Crippen molar-refractivity contribution in [1.82, 2.24) is 10.6 Å². The van der Waals surface area contributed by atoms with Crippen LogP contribution in [-0.2, 0) is 4.79 Å². The number of hydrogen-bond donors (Lipinski definition) is 2. The Labute approximate surface area is 73.9 Å². The van der Waals surface area contributed by atoms with E-state index < -0.39 is 0 Å². The first-order valence-electron chi connectivity index (χ1n) is 4.58. The molecule has 1 aliphatic heterocycles. The van der Waals surface area contributed by atoms with Crippen molar-refractivity contribution < 1.29 is 4.79 Å². The monoisotopic (exact) mass is 170 g/mol. The van der Waals surface area contributed by atoms with E-state index in [0.29, 0.717) is 5.92 Å². The van der Waals surface area contributed by atoms with Gasteiger partial charge in [0.1, 0.15) is 0 Å². The van der Waals surface area contributed by atoms with E-state index in [9.17, 15) is 4.79 Å². The molecule has 0 bridgehead atoms. The van der Waals surface area contributed by atoms with Gasteiger partial charge in [0.2, 0.25) is 5.91 Å². The standard InChI is InChI=1S/C9H18N2O/c1-7(2)6-9(3)8(12)10-4-5-11-9/h7,11H,4-6H2,1-3H3,(H,10,12)/t9-/m1/s1. The Morgan fingerprint density at radius 2 is 2.17 bits per heavy atom. The summed E-state index contributed by atoms with van der Waals surface area (Å²) in [5.41, 5.74) is -0.341. The number of carbonyl (C=O) groups excluding carboxylic acids is 1. The Hall–Kier alpha value is -0.570. The van der Waals surface area contributed by atoms with Crippen LogP contribution in [-0.4, -0.2) is 24.5 Å². The molecule has 0 saturated carbocycles. The molecule has 0 aromatic rings. The lowest BCUT2D eigenvalue weighted by molar-refractivity contribution is -0.129. The maximum absolute atomic E-state index is 11.5. The molecule has 1 atom stereocenters. The molecule has 0 spiro atoms. The zero-order valence-corrected chi connectivity index (χ0v) is 8.11. The normalized spacial score (nSPS) is 30.5. The summed E-state index contributed by atoms with van der Waals surface area (Å²) in [5, 5.41) is 6.14. The Balaban J connectivity index is 2.59. The highest BCUT2D eigenvalue weighted by molar-refractivity contribution is 5.86. The number of carbonyl (C=O) groups is 1. The van der Waals surface area contributed by atoms with Crippen molar-refractivity contribution >= 4 is 5.91 Å². The third-order valence-corrected chi connectivity index (χ3v) is 2.24. The van der Waals surface area contributed by atoms with Gasteiger partial charge in [-0.1, -0.05) is 13.8 Å². The predicted octanol–water partition coefficient (Wildman–Crippen LogP) is 0.511. The number of nitrogens with one attached hydrogen (secondary N) is 2. The van der Waals surface area contributed by atoms with Crippen LogP contribution >= 0.6 is 0 Å². The Bertz CT molecular complexity index is 179. The summed E-state index contributed by atoms with van der Waals surface area (Å²) in [7, 11) is 0. The van der Waals surface area contributed by atoms with Gasteiger partial charge < -0.3 is 10.6 Å². The van der Waals surface area contributed by atoms with Crippen LogP contribution in [0, 0.1) is 5.92 Å². The minimum Gasteiger partial charge on any atom is -0.353 e. The van der Waals surface area contributed by atoms with Crippen LogP contribution in [0.15, 0.2) is 0 Å². The molecule has 2 N–H and O–H groups in total. The molecular formula is C9H18N2O. The smallest absolute Gasteiger partial charge is 0.240 e. The summed E-state index contributed by atoms with van der Waals surface area (Å²) in [5.74, 6) is 0.689. The zero-order chi connectivity index (χ0) is 9.19. The van der Waals surface area contributed by atoms with Gasteiger partial charge in [-0.3, -0.25) is 4.79 Å². The van der Waals surface area contributed by atoms with E-state index in [4.69, 9.17) is 0 Å². The molecule has 1 heterocycles. The first-order chi connectivity index (χ1) is 5.54. The fourth-order valence-electron chi connectivity index (χ4n) is 1.77. The molecule has 3 heteroatoms. The highest BCUT2D eigenvalue weighted by atomic mass is 16.2. The minimum absolute atomic E-state index is 0.141. The van der Waals surface area contributed by atoms with Crippen molar-refractivity contribution in [2.75, 3.05) is 13.1 Å². The van der Waals surface area contributed by atoms with Gasteiger partial charge in [-0.05, 0) is 19.3 Å². The Morgan fingerprint density at radius 3 is 2.67 bits per heavy atom. The molecule has 3 nitrogen and oxygen atoms in total. The summed E-state index contributed by atoms with van der Waals surface area (Å²) in [6.45, 7) is 7.88. The lowest BCUT2D eigenvalue weighted by Crippen LogP contribution is -2.61. The quantitative estimate of drug-likeness (QED) is 0.634. The van der Waals surface area contributed by atoms with E-state index in [2.05, 4.69) is 24.5 Å². The second-order valence-corrected chi connectivity index (χ2v) is 4.11. The molecule has 12 heavy (non-hydrogen) atoms. The van der Waals surface area contributed by atoms with E-state index >= 15 is 0 Å². The molecule has 1 saturated heterocycles. The molecular weight excluding hydrogens is 152 g/mol. The average molecular weight is 170 g/mol. The summed E-state index contributed by atoms with van der Waals surface area (Å²) in [6.07, 6.45) is 0.902. The number of rotatable bonds is 2. The van der Waals surface area contributed by atoms with Crippen LogP contribution in [0.2, 0.25) is 0 Å². The van der Waals surface area contributed by atoms with Crippen molar-refractivity contribution in [2.45, 2.75) is 32.7 Å². The van der Waals surface area contributed by atoms with Gasteiger partial charge in [0, 0.05) is 13.1 Å². The number of hydrogen-bond acceptors (Lipinski definition) is 2.